The second-order valence-electron chi connectivity index (χ2n) is 6.19. The van der Waals surface area contributed by atoms with Crippen LogP contribution in [-0.4, -0.2) is 47.9 Å². The quantitative estimate of drug-likeness (QED) is 0.597. The van der Waals surface area contributed by atoms with Crippen LogP contribution in [0.15, 0.2) is 0 Å². The van der Waals surface area contributed by atoms with Crippen molar-refractivity contribution in [3.05, 3.63) is 0 Å². The normalized spacial score (nSPS) is 20.1. The number of nitrogens with one attached hydrogen (secondary N) is 1. The van der Waals surface area contributed by atoms with E-state index in [1.807, 2.05) is 6.92 Å². The van der Waals surface area contributed by atoms with Crippen LogP contribution in [0.3, 0.4) is 0 Å². The van der Waals surface area contributed by atoms with Gasteiger partial charge in [0.15, 0.2) is 6.04 Å². The molecule has 1 fully saturated rings. The Labute approximate surface area is 131 Å². The molecule has 1 aliphatic heterocycles. The van der Waals surface area contributed by atoms with E-state index in [9.17, 15) is 19.5 Å². The van der Waals surface area contributed by atoms with Crippen LogP contribution in [0, 0.1) is 11.8 Å². The van der Waals surface area contributed by atoms with Crippen molar-refractivity contribution >= 4 is 17.8 Å². The van der Waals surface area contributed by atoms with Crippen LogP contribution in [0.25, 0.3) is 0 Å². The Balaban J connectivity index is 2.55. The molecule has 4 N–H and O–H groups in total. The largest absolute Gasteiger partial charge is 0.548 e. The number of carboxylic acid groups (broad SMARTS) is 1. The fourth-order valence-corrected chi connectivity index (χ4v) is 2.61. The van der Waals surface area contributed by atoms with Crippen LogP contribution in [0.5, 0.6) is 0 Å². The number of nitrogens with zero attached hydrogens (tertiary/aromatic N) is 1. The predicted molar refractivity (Wildman–Crippen MR) is 78.0 cm³/mol. The average molecular weight is 313 g/mol. The summed E-state index contributed by atoms with van der Waals surface area (Å²) >= 11 is 0. The van der Waals surface area contributed by atoms with Gasteiger partial charge >= 0.3 is 0 Å². The molecule has 1 aliphatic rings. The Hall–Kier alpha value is -1.63. The fourth-order valence-electron chi connectivity index (χ4n) is 2.61. The first kappa shape index (κ1) is 18.4. The highest BCUT2D eigenvalue weighted by molar-refractivity contribution is 5.85. The molecule has 0 spiro atoms. The van der Waals surface area contributed by atoms with Crippen molar-refractivity contribution in [2.24, 2.45) is 11.8 Å². The summed E-state index contributed by atoms with van der Waals surface area (Å²) in [7, 11) is 0. The zero-order valence-corrected chi connectivity index (χ0v) is 13.6. The maximum absolute atomic E-state index is 12.2. The summed E-state index contributed by atoms with van der Waals surface area (Å²) in [6, 6.07) is -1.25. The summed E-state index contributed by atoms with van der Waals surface area (Å²) < 4.78 is 0. The van der Waals surface area contributed by atoms with E-state index < -0.39 is 12.0 Å². The van der Waals surface area contributed by atoms with E-state index in [1.54, 1.807) is 18.7 Å². The number of rotatable bonds is 6. The second-order valence-corrected chi connectivity index (χ2v) is 6.19. The first-order valence-electron chi connectivity index (χ1n) is 7.91. The Bertz CT molecular complexity index is 417. The lowest BCUT2D eigenvalue weighted by Crippen LogP contribution is -2.66. The third-order valence-electron chi connectivity index (χ3n) is 4.36. The third kappa shape index (κ3) is 4.69. The van der Waals surface area contributed by atoms with Gasteiger partial charge in [-0.05, 0) is 25.7 Å². The first-order chi connectivity index (χ1) is 10.3. The van der Waals surface area contributed by atoms with Gasteiger partial charge in [-0.1, -0.05) is 20.3 Å². The monoisotopic (exact) mass is 313 g/mol. The molecule has 0 saturated carbocycles. The summed E-state index contributed by atoms with van der Waals surface area (Å²) in [6.07, 6.45) is 1.74. The summed E-state index contributed by atoms with van der Waals surface area (Å²) in [5.74, 6) is -1.95. The van der Waals surface area contributed by atoms with E-state index in [-0.39, 0.29) is 29.7 Å². The molecule has 0 bridgehead atoms. The predicted octanol–water partition coefficient (Wildman–Crippen LogP) is -1.86. The van der Waals surface area contributed by atoms with Crippen LogP contribution in [-0.2, 0) is 14.4 Å². The van der Waals surface area contributed by atoms with Crippen molar-refractivity contribution in [3.63, 3.8) is 0 Å². The number of hydrogen-bond acceptors (Lipinski definition) is 4. The SMILES string of the molecule is CC[C@@H](C)[C@H](NC(=O)C1CCN(C(=O)[C@H](C)[NH3+])CC1)C(=O)[O-]. The Morgan fingerprint density at radius 3 is 2.23 bits per heavy atom. The van der Waals surface area contributed by atoms with Crippen molar-refractivity contribution in [3.8, 4) is 0 Å². The van der Waals surface area contributed by atoms with Gasteiger partial charge in [0.05, 0.1) is 12.0 Å². The van der Waals surface area contributed by atoms with E-state index in [4.69, 9.17) is 0 Å². The van der Waals surface area contributed by atoms with E-state index in [0.29, 0.717) is 32.4 Å². The lowest BCUT2D eigenvalue weighted by atomic mass is 9.93. The average Bonchev–Trinajstić information content (AvgIpc) is 2.50. The number of likely N-dealkylation sites (tertiary alicyclic amines) is 1. The lowest BCUT2D eigenvalue weighted by Gasteiger charge is -2.33. The number of aliphatic carboxylic acids is 1. The molecule has 0 aromatic heterocycles. The van der Waals surface area contributed by atoms with Gasteiger partial charge in [0.2, 0.25) is 5.91 Å². The van der Waals surface area contributed by atoms with Gasteiger partial charge in [0.1, 0.15) is 0 Å². The van der Waals surface area contributed by atoms with E-state index in [0.717, 1.165) is 0 Å². The van der Waals surface area contributed by atoms with Gasteiger partial charge in [-0.15, -0.1) is 0 Å². The number of quaternary nitrogens is 1. The molecule has 22 heavy (non-hydrogen) atoms. The van der Waals surface area contributed by atoms with Gasteiger partial charge in [-0.25, -0.2) is 0 Å². The van der Waals surface area contributed by atoms with Crippen molar-refractivity contribution in [1.82, 2.24) is 10.2 Å². The van der Waals surface area contributed by atoms with Crippen LogP contribution in [0.1, 0.15) is 40.0 Å². The molecule has 0 radical (unpaired) electrons. The second kappa shape index (κ2) is 8.12. The van der Waals surface area contributed by atoms with Gasteiger partial charge in [-0.3, -0.25) is 9.59 Å². The zero-order valence-electron chi connectivity index (χ0n) is 13.6. The highest BCUT2D eigenvalue weighted by atomic mass is 16.4. The number of carboxylic acids is 1. The minimum absolute atomic E-state index is 0.00826. The van der Waals surface area contributed by atoms with Crippen LogP contribution in [0.4, 0.5) is 0 Å². The summed E-state index contributed by atoms with van der Waals surface area (Å²) in [6.45, 7) is 6.42. The zero-order chi connectivity index (χ0) is 16.9. The molecule has 0 aromatic carbocycles. The molecular formula is C15H27N3O4. The van der Waals surface area contributed by atoms with Gasteiger partial charge in [0.25, 0.3) is 5.91 Å². The molecule has 1 saturated heterocycles. The smallest absolute Gasteiger partial charge is 0.280 e. The van der Waals surface area contributed by atoms with Gasteiger partial charge in [-0.2, -0.15) is 0 Å². The fraction of sp³-hybridized carbons (Fsp3) is 0.800. The highest BCUT2D eigenvalue weighted by Crippen LogP contribution is 2.19. The minimum Gasteiger partial charge on any atom is -0.548 e. The number of carbonyl (C=O) groups excluding carboxylic acids is 3. The maximum atomic E-state index is 12.2. The third-order valence-corrected chi connectivity index (χ3v) is 4.36. The molecule has 0 aliphatic carbocycles. The molecule has 0 aromatic rings. The number of hydrogen-bond donors (Lipinski definition) is 2. The van der Waals surface area contributed by atoms with E-state index in [2.05, 4.69) is 11.1 Å². The van der Waals surface area contributed by atoms with E-state index >= 15 is 0 Å². The molecule has 1 rings (SSSR count). The molecule has 3 atom stereocenters. The Kier molecular flexibility index (Phi) is 6.80. The maximum Gasteiger partial charge on any atom is 0.280 e. The van der Waals surface area contributed by atoms with Crippen molar-refractivity contribution in [2.75, 3.05) is 13.1 Å². The van der Waals surface area contributed by atoms with Crippen LogP contribution < -0.4 is 16.2 Å². The Morgan fingerprint density at radius 1 is 1.27 bits per heavy atom. The molecule has 2 amide bonds. The topological polar surface area (TPSA) is 117 Å². The summed E-state index contributed by atoms with van der Waals surface area (Å²) in [4.78, 5) is 36.9. The van der Waals surface area contributed by atoms with Gasteiger partial charge < -0.3 is 25.9 Å². The van der Waals surface area contributed by atoms with Crippen LogP contribution in [0.2, 0.25) is 0 Å². The summed E-state index contributed by atoms with van der Waals surface area (Å²) in [5, 5.41) is 13.7. The molecule has 0 unspecified atom stereocenters. The number of piperidine rings is 1. The molecule has 7 heteroatoms. The molecule has 1 heterocycles. The number of carbonyl (C=O) groups is 3. The lowest BCUT2D eigenvalue weighted by molar-refractivity contribution is -0.400. The number of amides is 2. The van der Waals surface area contributed by atoms with Gasteiger partial charge in [0, 0.05) is 19.0 Å². The molecule has 126 valence electrons. The standard InChI is InChI=1S/C15H27N3O4/c1-4-9(2)12(15(21)22)17-13(19)11-5-7-18(8-6-11)14(20)10(3)16/h9-12H,4-8,16H2,1-3H3,(H,17,19)(H,21,22)/t9-,10+,12+/m1/s1. The van der Waals surface area contributed by atoms with Crippen molar-refractivity contribution in [1.29, 1.82) is 0 Å². The summed E-state index contributed by atoms with van der Waals surface area (Å²) in [5.41, 5.74) is 3.71. The van der Waals surface area contributed by atoms with Crippen LogP contribution >= 0.6 is 0 Å². The van der Waals surface area contributed by atoms with E-state index in [1.165, 1.54) is 0 Å². The highest BCUT2D eigenvalue weighted by Gasteiger charge is 2.31. The van der Waals surface area contributed by atoms with Crippen molar-refractivity contribution in [2.45, 2.75) is 52.1 Å². The molecule has 7 nitrogen and oxygen atoms in total. The first-order valence-corrected chi connectivity index (χ1v) is 7.91. The Morgan fingerprint density at radius 2 is 1.82 bits per heavy atom. The molecular weight excluding hydrogens is 286 g/mol. The van der Waals surface area contributed by atoms with Crippen molar-refractivity contribution < 1.29 is 25.2 Å². The minimum atomic E-state index is -1.25.